The average molecular weight is 294 g/mol. The van der Waals surface area contributed by atoms with Crippen LogP contribution in [0.3, 0.4) is 0 Å². The molecule has 0 aromatic carbocycles. The minimum Gasteiger partial charge on any atom is -0.400 e. The molecule has 1 rings (SSSR count). The zero-order chi connectivity index (χ0) is 10.1. The standard InChI is InChI=1S/C9H16BIO2/c1-8(2)9(3,4)13-10(12-8)6-5-7-11/h5-6H,7H2,1-4H3. The average Bonchev–Trinajstić information content (AvgIpc) is 2.17. The van der Waals surface area contributed by atoms with Crippen LogP contribution in [0, 0.1) is 0 Å². The Hall–Kier alpha value is 0.455. The summed E-state index contributed by atoms with van der Waals surface area (Å²) in [6.07, 6.45) is 2.06. The molecule has 13 heavy (non-hydrogen) atoms. The van der Waals surface area contributed by atoms with E-state index in [0.29, 0.717) is 0 Å². The predicted octanol–water partition coefficient (Wildman–Crippen LogP) is 2.61. The van der Waals surface area contributed by atoms with Gasteiger partial charge in [0.1, 0.15) is 0 Å². The van der Waals surface area contributed by atoms with E-state index in [9.17, 15) is 0 Å². The Balaban J connectivity index is 2.65. The molecule has 2 nitrogen and oxygen atoms in total. The van der Waals surface area contributed by atoms with Crippen LogP contribution in [0.1, 0.15) is 27.7 Å². The number of hydrogen-bond acceptors (Lipinski definition) is 2. The number of allylic oxidation sites excluding steroid dienone is 1. The van der Waals surface area contributed by atoms with Gasteiger partial charge in [-0.3, -0.25) is 0 Å². The molecule has 0 aromatic rings. The summed E-state index contributed by atoms with van der Waals surface area (Å²) < 4.78 is 12.5. The summed E-state index contributed by atoms with van der Waals surface area (Å²) in [5, 5.41) is 0. The lowest BCUT2D eigenvalue weighted by Crippen LogP contribution is -2.41. The first-order valence-corrected chi connectivity index (χ1v) is 6.00. The first-order chi connectivity index (χ1) is 5.89. The molecule has 0 amide bonds. The Morgan fingerprint density at radius 3 is 2.00 bits per heavy atom. The van der Waals surface area contributed by atoms with Crippen molar-refractivity contribution in [2.75, 3.05) is 4.43 Å². The van der Waals surface area contributed by atoms with E-state index < -0.39 is 0 Å². The maximum atomic E-state index is 5.75. The fourth-order valence-corrected chi connectivity index (χ4v) is 1.42. The molecule has 0 aliphatic carbocycles. The molecule has 74 valence electrons. The van der Waals surface area contributed by atoms with Crippen molar-refractivity contribution in [2.24, 2.45) is 0 Å². The van der Waals surface area contributed by atoms with E-state index in [1.54, 1.807) is 0 Å². The molecule has 0 aromatic heterocycles. The highest BCUT2D eigenvalue weighted by molar-refractivity contribution is 14.1. The fourth-order valence-electron chi connectivity index (χ4n) is 1.13. The molecular formula is C9H16BIO2. The third-order valence-corrected chi connectivity index (χ3v) is 3.16. The van der Waals surface area contributed by atoms with E-state index in [0.717, 1.165) is 4.43 Å². The lowest BCUT2D eigenvalue weighted by Gasteiger charge is -2.32. The van der Waals surface area contributed by atoms with Crippen LogP contribution in [0.25, 0.3) is 0 Å². The van der Waals surface area contributed by atoms with Crippen molar-refractivity contribution in [3.63, 3.8) is 0 Å². The van der Waals surface area contributed by atoms with Gasteiger partial charge in [0.2, 0.25) is 0 Å². The van der Waals surface area contributed by atoms with Crippen LogP contribution in [0.5, 0.6) is 0 Å². The highest BCUT2D eigenvalue weighted by atomic mass is 127. The molecular weight excluding hydrogens is 278 g/mol. The van der Waals surface area contributed by atoms with Crippen LogP contribution in [0.4, 0.5) is 0 Å². The Labute approximate surface area is 94.3 Å². The SMILES string of the molecule is CC1(C)OB(C=CCI)OC1(C)C. The van der Waals surface area contributed by atoms with Gasteiger partial charge in [0, 0.05) is 4.43 Å². The Morgan fingerprint density at radius 2 is 1.62 bits per heavy atom. The Kier molecular flexibility index (Phi) is 3.46. The van der Waals surface area contributed by atoms with Crippen LogP contribution in [0.15, 0.2) is 12.1 Å². The molecule has 1 saturated heterocycles. The first kappa shape index (κ1) is 11.5. The van der Waals surface area contributed by atoms with E-state index in [4.69, 9.17) is 9.31 Å². The minimum absolute atomic E-state index is 0.181. The van der Waals surface area contributed by atoms with Crippen LogP contribution in [-0.4, -0.2) is 22.7 Å². The van der Waals surface area contributed by atoms with Gasteiger partial charge in [0.15, 0.2) is 0 Å². The van der Waals surface area contributed by atoms with Crippen molar-refractivity contribution in [3.8, 4) is 0 Å². The second-order valence-electron chi connectivity index (χ2n) is 4.21. The molecule has 1 aliphatic heterocycles. The monoisotopic (exact) mass is 294 g/mol. The zero-order valence-corrected chi connectivity index (χ0v) is 10.8. The van der Waals surface area contributed by atoms with E-state index in [-0.39, 0.29) is 18.3 Å². The van der Waals surface area contributed by atoms with Crippen LogP contribution in [-0.2, 0) is 9.31 Å². The number of hydrogen-bond donors (Lipinski definition) is 0. The van der Waals surface area contributed by atoms with Crippen molar-refractivity contribution < 1.29 is 9.31 Å². The third kappa shape index (κ3) is 2.47. The summed E-state index contributed by atoms with van der Waals surface area (Å²) in [4.78, 5) is 0. The lowest BCUT2D eigenvalue weighted by atomic mass is 9.90. The predicted molar refractivity (Wildman–Crippen MR) is 64.1 cm³/mol. The van der Waals surface area contributed by atoms with Crippen molar-refractivity contribution in [2.45, 2.75) is 38.9 Å². The summed E-state index contributed by atoms with van der Waals surface area (Å²) in [6.45, 7) is 8.24. The fraction of sp³-hybridized carbons (Fsp3) is 0.778. The summed E-state index contributed by atoms with van der Waals surface area (Å²) in [7, 11) is -0.181. The smallest absolute Gasteiger partial charge is 0.400 e. The van der Waals surface area contributed by atoms with Gasteiger partial charge < -0.3 is 9.31 Å². The van der Waals surface area contributed by atoms with Gasteiger partial charge in [0.25, 0.3) is 0 Å². The van der Waals surface area contributed by atoms with E-state index in [2.05, 4.69) is 56.4 Å². The lowest BCUT2D eigenvalue weighted by molar-refractivity contribution is 0.00578. The molecule has 0 radical (unpaired) electrons. The number of rotatable bonds is 2. The Bertz CT molecular complexity index is 198. The first-order valence-electron chi connectivity index (χ1n) is 4.47. The summed E-state index contributed by atoms with van der Waals surface area (Å²) in [5.74, 6) is 1.98. The molecule has 0 atom stereocenters. The van der Waals surface area contributed by atoms with Crippen LogP contribution in [0.2, 0.25) is 0 Å². The Morgan fingerprint density at radius 1 is 1.15 bits per heavy atom. The minimum atomic E-state index is -0.215. The highest BCUT2D eigenvalue weighted by Gasteiger charge is 2.49. The third-order valence-electron chi connectivity index (χ3n) is 2.65. The molecule has 1 heterocycles. The second kappa shape index (κ2) is 3.91. The van der Waals surface area contributed by atoms with Crippen molar-refractivity contribution in [3.05, 3.63) is 12.1 Å². The molecule has 0 spiro atoms. The number of halogens is 1. The topological polar surface area (TPSA) is 18.5 Å². The van der Waals surface area contributed by atoms with Crippen LogP contribution < -0.4 is 0 Å². The van der Waals surface area contributed by atoms with Gasteiger partial charge in [-0.25, -0.2) is 0 Å². The molecule has 1 fully saturated rings. The van der Waals surface area contributed by atoms with Gasteiger partial charge in [-0.1, -0.05) is 34.6 Å². The normalized spacial score (nSPS) is 25.8. The largest absolute Gasteiger partial charge is 0.486 e. The summed E-state index contributed by atoms with van der Waals surface area (Å²) >= 11 is 2.29. The maximum absolute atomic E-state index is 5.75. The summed E-state index contributed by atoms with van der Waals surface area (Å²) in [6, 6.07) is 0. The van der Waals surface area contributed by atoms with Gasteiger partial charge in [-0.05, 0) is 27.7 Å². The van der Waals surface area contributed by atoms with Gasteiger partial charge in [0.05, 0.1) is 11.2 Å². The molecule has 1 aliphatic rings. The van der Waals surface area contributed by atoms with Crippen molar-refractivity contribution >= 4 is 29.7 Å². The molecule has 0 unspecified atom stereocenters. The number of alkyl halides is 1. The molecule has 0 saturated carbocycles. The quantitative estimate of drug-likeness (QED) is 0.443. The van der Waals surface area contributed by atoms with Crippen LogP contribution >= 0.6 is 22.6 Å². The molecule has 0 N–H and O–H groups in total. The van der Waals surface area contributed by atoms with Gasteiger partial charge >= 0.3 is 7.12 Å². The van der Waals surface area contributed by atoms with E-state index in [1.807, 2.05) is 5.98 Å². The van der Waals surface area contributed by atoms with Gasteiger partial charge in [-0.2, -0.15) is 0 Å². The van der Waals surface area contributed by atoms with E-state index in [1.165, 1.54) is 0 Å². The highest BCUT2D eigenvalue weighted by Crippen LogP contribution is 2.36. The second-order valence-corrected chi connectivity index (χ2v) is 5.09. The van der Waals surface area contributed by atoms with Gasteiger partial charge in [-0.15, -0.1) is 0 Å². The van der Waals surface area contributed by atoms with Crippen molar-refractivity contribution in [1.82, 2.24) is 0 Å². The molecule has 0 bridgehead atoms. The van der Waals surface area contributed by atoms with Crippen molar-refractivity contribution in [1.29, 1.82) is 0 Å². The molecule has 4 heteroatoms. The maximum Gasteiger partial charge on any atom is 0.486 e. The van der Waals surface area contributed by atoms with E-state index >= 15 is 0 Å². The zero-order valence-electron chi connectivity index (χ0n) is 8.63. The summed E-state index contributed by atoms with van der Waals surface area (Å²) in [5.41, 5.74) is -0.430.